The number of amides is 2. The average Bonchev–Trinajstić information content (AvgIpc) is 2.81. The van der Waals surface area contributed by atoms with E-state index in [0.29, 0.717) is 17.8 Å². The SMILES string of the molecule is CNC(=O)CN(C)C(=O)c1c(C)nn(Cc2ccccc2)c1C. The van der Waals surface area contributed by atoms with Gasteiger partial charge in [0.1, 0.15) is 0 Å². The number of hydrogen-bond donors (Lipinski definition) is 1. The van der Waals surface area contributed by atoms with Crippen LogP contribution in [0.2, 0.25) is 0 Å². The summed E-state index contributed by atoms with van der Waals surface area (Å²) in [6, 6.07) is 9.97. The lowest BCUT2D eigenvalue weighted by Crippen LogP contribution is -2.37. The van der Waals surface area contributed by atoms with E-state index in [2.05, 4.69) is 10.4 Å². The molecule has 0 bridgehead atoms. The van der Waals surface area contributed by atoms with Crippen molar-refractivity contribution in [3.05, 3.63) is 52.8 Å². The number of benzene rings is 1. The van der Waals surface area contributed by atoms with Gasteiger partial charge in [-0.1, -0.05) is 30.3 Å². The minimum Gasteiger partial charge on any atom is -0.358 e. The van der Waals surface area contributed by atoms with Gasteiger partial charge in [-0.05, 0) is 19.4 Å². The van der Waals surface area contributed by atoms with Crippen LogP contribution < -0.4 is 5.32 Å². The summed E-state index contributed by atoms with van der Waals surface area (Å²) < 4.78 is 1.83. The first-order chi connectivity index (χ1) is 10.9. The summed E-state index contributed by atoms with van der Waals surface area (Å²) >= 11 is 0. The van der Waals surface area contributed by atoms with Crippen molar-refractivity contribution in [2.45, 2.75) is 20.4 Å². The van der Waals surface area contributed by atoms with Crippen molar-refractivity contribution in [2.75, 3.05) is 20.6 Å². The van der Waals surface area contributed by atoms with Gasteiger partial charge in [-0.25, -0.2) is 0 Å². The second kappa shape index (κ2) is 7.09. The zero-order valence-corrected chi connectivity index (χ0v) is 14.0. The molecule has 6 nitrogen and oxygen atoms in total. The molecular weight excluding hydrogens is 292 g/mol. The van der Waals surface area contributed by atoms with Gasteiger partial charge in [0.15, 0.2) is 0 Å². The highest BCUT2D eigenvalue weighted by atomic mass is 16.2. The van der Waals surface area contributed by atoms with Gasteiger partial charge in [0.25, 0.3) is 5.91 Å². The van der Waals surface area contributed by atoms with Gasteiger partial charge in [-0.15, -0.1) is 0 Å². The molecule has 0 radical (unpaired) electrons. The number of likely N-dealkylation sites (N-methyl/N-ethyl adjacent to an activating group) is 2. The Hall–Kier alpha value is -2.63. The molecule has 0 saturated carbocycles. The molecule has 0 atom stereocenters. The summed E-state index contributed by atoms with van der Waals surface area (Å²) in [5.74, 6) is -0.393. The maximum Gasteiger partial charge on any atom is 0.257 e. The number of aromatic nitrogens is 2. The predicted molar refractivity (Wildman–Crippen MR) is 88.3 cm³/mol. The third kappa shape index (κ3) is 3.77. The predicted octanol–water partition coefficient (Wildman–Crippen LogP) is 1.37. The van der Waals surface area contributed by atoms with Crippen LogP contribution in [-0.4, -0.2) is 47.1 Å². The van der Waals surface area contributed by atoms with Crippen molar-refractivity contribution in [1.82, 2.24) is 20.0 Å². The molecule has 0 aliphatic carbocycles. The molecule has 2 aromatic rings. The molecule has 2 rings (SSSR count). The van der Waals surface area contributed by atoms with Gasteiger partial charge < -0.3 is 10.2 Å². The normalized spacial score (nSPS) is 10.4. The Morgan fingerprint density at radius 2 is 1.87 bits per heavy atom. The highest BCUT2D eigenvalue weighted by Gasteiger charge is 2.22. The quantitative estimate of drug-likeness (QED) is 0.906. The number of carbonyl (C=O) groups excluding carboxylic acids is 2. The Kier molecular flexibility index (Phi) is 5.16. The third-order valence-electron chi connectivity index (χ3n) is 3.78. The van der Waals surface area contributed by atoms with Crippen LogP contribution in [0.4, 0.5) is 0 Å². The minimum absolute atomic E-state index is 0.0259. The summed E-state index contributed by atoms with van der Waals surface area (Å²) in [6.45, 7) is 4.33. The molecule has 0 saturated heterocycles. The molecule has 1 N–H and O–H groups in total. The molecule has 0 aliphatic heterocycles. The molecular formula is C17H22N4O2. The van der Waals surface area contributed by atoms with E-state index in [1.165, 1.54) is 4.90 Å². The highest BCUT2D eigenvalue weighted by Crippen LogP contribution is 2.16. The number of rotatable bonds is 5. The maximum atomic E-state index is 12.6. The lowest BCUT2D eigenvalue weighted by molar-refractivity contribution is -0.121. The molecule has 122 valence electrons. The zero-order valence-electron chi connectivity index (χ0n) is 14.0. The van der Waals surface area contributed by atoms with Crippen LogP contribution in [0.15, 0.2) is 30.3 Å². The molecule has 23 heavy (non-hydrogen) atoms. The lowest BCUT2D eigenvalue weighted by atomic mass is 10.1. The van der Waals surface area contributed by atoms with Gasteiger partial charge in [0, 0.05) is 19.8 Å². The fourth-order valence-electron chi connectivity index (χ4n) is 2.47. The van der Waals surface area contributed by atoms with Crippen LogP contribution in [0.25, 0.3) is 0 Å². The van der Waals surface area contributed by atoms with E-state index in [-0.39, 0.29) is 18.4 Å². The van der Waals surface area contributed by atoms with Crippen LogP contribution in [0.3, 0.4) is 0 Å². The average molecular weight is 314 g/mol. The Morgan fingerprint density at radius 3 is 2.48 bits per heavy atom. The highest BCUT2D eigenvalue weighted by molar-refractivity contribution is 5.98. The molecule has 1 aromatic heterocycles. The van der Waals surface area contributed by atoms with E-state index >= 15 is 0 Å². The van der Waals surface area contributed by atoms with Crippen molar-refractivity contribution in [3.63, 3.8) is 0 Å². The second-order valence-corrected chi connectivity index (χ2v) is 5.52. The molecule has 6 heteroatoms. The van der Waals surface area contributed by atoms with E-state index < -0.39 is 0 Å². The molecule has 0 fully saturated rings. The summed E-state index contributed by atoms with van der Waals surface area (Å²) in [5, 5.41) is 6.99. The number of nitrogens with zero attached hydrogens (tertiary/aromatic N) is 3. The molecule has 0 unspecified atom stereocenters. The Bertz CT molecular complexity index is 707. The van der Waals surface area contributed by atoms with Gasteiger partial charge in [0.05, 0.1) is 24.3 Å². The van der Waals surface area contributed by atoms with Crippen molar-refractivity contribution < 1.29 is 9.59 Å². The molecule has 1 aromatic carbocycles. The molecule has 1 heterocycles. The van der Waals surface area contributed by atoms with E-state index in [9.17, 15) is 9.59 Å². The first-order valence-electron chi connectivity index (χ1n) is 7.48. The Morgan fingerprint density at radius 1 is 1.22 bits per heavy atom. The van der Waals surface area contributed by atoms with E-state index in [0.717, 1.165) is 11.3 Å². The summed E-state index contributed by atoms with van der Waals surface area (Å²) in [7, 11) is 3.17. The van der Waals surface area contributed by atoms with Gasteiger partial charge >= 0.3 is 0 Å². The topological polar surface area (TPSA) is 67.2 Å². The largest absolute Gasteiger partial charge is 0.358 e. The lowest BCUT2D eigenvalue weighted by Gasteiger charge is -2.16. The molecule has 0 aliphatic rings. The van der Waals surface area contributed by atoms with Crippen LogP contribution >= 0.6 is 0 Å². The van der Waals surface area contributed by atoms with Gasteiger partial charge in [0.2, 0.25) is 5.91 Å². The van der Waals surface area contributed by atoms with Crippen LogP contribution in [0, 0.1) is 13.8 Å². The second-order valence-electron chi connectivity index (χ2n) is 5.52. The van der Waals surface area contributed by atoms with E-state index in [1.54, 1.807) is 14.1 Å². The van der Waals surface area contributed by atoms with Crippen molar-refractivity contribution >= 4 is 11.8 Å². The van der Waals surface area contributed by atoms with Crippen molar-refractivity contribution in [1.29, 1.82) is 0 Å². The van der Waals surface area contributed by atoms with Crippen molar-refractivity contribution in [3.8, 4) is 0 Å². The number of hydrogen-bond acceptors (Lipinski definition) is 3. The standard InChI is InChI=1S/C17H22N4O2/c1-12-16(17(23)20(4)11-15(22)18-3)13(2)21(19-12)10-14-8-6-5-7-9-14/h5-9H,10-11H2,1-4H3,(H,18,22). The van der Waals surface area contributed by atoms with E-state index in [1.807, 2.05) is 48.9 Å². The number of carbonyl (C=O) groups is 2. The third-order valence-corrected chi connectivity index (χ3v) is 3.78. The first kappa shape index (κ1) is 16.7. The zero-order chi connectivity index (χ0) is 17.0. The fourth-order valence-corrected chi connectivity index (χ4v) is 2.47. The monoisotopic (exact) mass is 314 g/mol. The van der Waals surface area contributed by atoms with Crippen LogP contribution in [0.1, 0.15) is 27.3 Å². The fraction of sp³-hybridized carbons (Fsp3) is 0.353. The molecule has 0 spiro atoms. The van der Waals surface area contributed by atoms with E-state index in [4.69, 9.17) is 0 Å². The Balaban J connectivity index is 2.23. The Labute approximate surface area is 136 Å². The minimum atomic E-state index is -0.201. The summed E-state index contributed by atoms with van der Waals surface area (Å²) in [4.78, 5) is 25.4. The maximum absolute atomic E-state index is 12.6. The number of aryl methyl sites for hydroxylation is 1. The van der Waals surface area contributed by atoms with Gasteiger partial charge in [-0.2, -0.15) is 5.10 Å². The smallest absolute Gasteiger partial charge is 0.257 e. The molecule has 2 amide bonds. The first-order valence-corrected chi connectivity index (χ1v) is 7.48. The summed E-state index contributed by atoms with van der Waals surface area (Å²) in [6.07, 6.45) is 0. The van der Waals surface area contributed by atoms with Gasteiger partial charge in [-0.3, -0.25) is 14.3 Å². The van der Waals surface area contributed by atoms with Crippen LogP contribution in [-0.2, 0) is 11.3 Å². The number of nitrogens with one attached hydrogen (secondary N) is 1. The summed E-state index contributed by atoms with van der Waals surface area (Å²) in [5.41, 5.74) is 3.16. The van der Waals surface area contributed by atoms with Crippen molar-refractivity contribution in [2.24, 2.45) is 0 Å². The van der Waals surface area contributed by atoms with Crippen LogP contribution in [0.5, 0.6) is 0 Å².